The summed E-state index contributed by atoms with van der Waals surface area (Å²) in [6.45, 7) is 7.00. The van der Waals surface area contributed by atoms with Crippen LogP contribution in [0.25, 0.3) is 0 Å². The summed E-state index contributed by atoms with van der Waals surface area (Å²) in [5.74, 6) is 0.724. The van der Waals surface area contributed by atoms with Crippen LogP contribution < -0.4 is 5.32 Å². The van der Waals surface area contributed by atoms with Crippen LogP contribution in [0.15, 0.2) is 0 Å². The molecule has 2 rings (SSSR count). The normalized spacial score (nSPS) is 16.4. The van der Waals surface area contributed by atoms with E-state index in [1.54, 1.807) is 4.68 Å². The van der Waals surface area contributed by atoms with Crippen LogP contribution in [0, 0.1) is 16.0 Å². The molecule has 1 heterocycles. The molecule has 0 saturated heterocycles. The Morgan fingerprint density at radius 2 is 2.14 bits per heavy atom. The maximum Gasteiger partial charge on any atom is 0.313 e. The molecule has 0 amide bonds. The Hall–Kier alpha value is -1.43. The van der Waals surface area contributed by atoms with Crippen molar-refractivity contribution >= 4 is 5.69 Å². The molecule has 1 fully saturated rings. The second-order valence-corrected chi connectivity index (χ2v) is 6.32. The summed E-state index contributed by atoms with van der Waals surface area (Å²) >= 11 is 0. The van der Waals surface area contributed by atoms with Crippen LogP contribution in [-0.4, -0.2) is 27.3 Å². The summed E-state index contributed by atoms with van der Waals surface area (Å²) in [6.07, 6.45) is 4.22. The van der Waals surface area contributed by atoms with E-state index in [4.69, 9.17) is 0 Å². The largest absolute Gasteiger partial charge is 0.313 e. The molecular weight excluding hydrogens is 268 g/mol. The van der Waals surface area contributed by atoms with Crippen molar-refractivity contribution in [1.29, 1.82) is 0 Å². The van der Waals surface area contributed by atoms with Crippen LogP contribution >= 0.6 is 0 Å². The van der Waals surface area contributed by atoms with E-state index in [2.05, 4.69) is 17.3 Å². The summed E-state index contributed by atoms with van der Waals surface area (Å²) in [5, 5.41) is 19.4. The number of hydrogen-bond acceptors (Lipinski definition) is 4. The molecule has 0 aliphatic heterocycles. The number of nitrogens with zero attached hydrogens (tertiary/aromatic N) is 3. The van der Waals surface area contributed by atoms with Gasteiger partial charge in [0.1, 0.15) is 11.4 Å². The monoisotopic (exact) mass is 294 g/mol. The maximum atomic E-state index is 11.5. The van der Waals surface area contributed by atoms with Gasteiger partial charge in [-0.1, -0.05) is 20.8 Å². The molecular formula is C15H26N4O2. The standard InChI is InChI=1S/C15H26N4O2/c1-5-8-16-12(11-6-7-11)9-13-15(19(20)21)14(10(2)3)17-18(13)4/h10-12,16H,5-9H2,1-4H3. The lowest BCUT2D eigenvalue weighted by atomic mass is 10.0. The zero-order valence-corrected chi connectivity index (χ0v) is 13.4. The highest BCUT2D eigenvalue weighted by Gasteiger charge is 2.35. The van der Waals surface area contributed by atoms with Crippen LogP contribution in [0.5, 0.6) is 0 Å². The molecule has 118 valence electrons. The molecule has 0 aromatic carbocycles. The number of hydrogen-bond donors (Lipinski definition) is 1. The summed E-state index contributed by atoms with van der Waals surface area (Å²) < 4.78 is 1.70. The number of nitrogens with one attached hydrogen (secondary N) is 1. The van der Waals surface area contributed by atoms with Crippen molar-refractivity contribution in [3.05, 3.63) is 21.5 Å². The molecule has 0 radical (unpaired) electrons. The van der Waals surface area contributed by atoms with E-state index in [1.165, 1.54) is 12.8 Å². The van der Waals surface area contributed by atoms with Gasteiger partial charge in [-0.3, -0.25) is 14.8 Å². The number of aryl methyl sites for hydroxylation is 1. The Morgan fingerprint density at radius 3 is 2.62 bits per heavy atom. The summed E-state index contributed by atoms with van der Waals surface area (Å²) in [4.78, 5) is 11.2. The van der Waals surface area contributed by atoms with E-state index in [1.807, 2.05) is 20.9 Å². The smallest absolute Gasteiger partial charge is 0.313 e. The topological polar surface area (TPSA) is 73.0 Å². The minimum Gasteiger partial charge on any atom is -0.313 e. The fourth-order valence-corrected chi connectivity index (χ4v) is 2.83. The molecule has 1 aliphatic rings. The lowest BCUT2D eigenvalue weighted by Gasteiger charge is -2.17. The predicted molar refractivity (Wildman–Crippen MR) is 82.5 cm³/mol. The fraction of sp³-hybridized carbons (Fsp3) is 0.800. The third kappa shape index (κ3) is 3.61. The van der Waals surface area contributed by atoms with Gasteiger partial charge in [0.15, 0.2) is 0 Å². The predicted octanol–water partition coefficient (Wildman–Crippen LogP) is 2.77. The highest BCUT2D eigenvalue weighted by atomic mass is 16.6. The third-order valence-corrected chi connectivity index (χ3v) is 4.15. The molecule has 1 atom stereocenters. The molecule has 1 aromatic rings. The molecule has 1 unspecified atom stereocenters. The molecule has 1 saturated carbocycles. The van der Waals surface area contributed by atoms with E-state index < -0.39 is 0 Å². The SMILES string of the molecule is CCCNC(Cc1c([N+](=O)[O-])c(C(C)C)nn1C)C1CC1. The van der Waals surface area contributed by atoms with Gasteiger partial charge in [0.25, 0.3) is 0 Å². The second kappa shape index (κ2) is 6.56. The van der Waals surface area contributed by atoms with E-state index in [9.17, 15) is 10.1 Å². The maximum absolute atomic E-state index is 11.5. The minimum absolute atomic E-state index is 0.0633. The first-order chi connectivity index (χ1) is 9.95. The highest BCUT2D eigenvalue weighted by molar-refractivity contribution is 5.43. The van der Waals surface area contributed by atoms with Gasteiger partial charge in [-0.25, -0.2) is 0 Å². The van der Waals surface area contributed by atoms with Gasteiger partial charge in [0.05, 0.1) is 4.92 Å². The Bertz CT molecular complexity index is 506. The van der Waals surface area contributed by atoms with Crippen molar-refractivity contribution < 1.29 is 4.92 Å². The van der Waals surface area contributed by atoms with Crippen LogP contribution in [-0.2, 0) is 13.5 Å². The molecule has 1 aromatic heterocycles. The summed E-state index contributed by atoms with van der Waals surface area (Å²) in [7, 11) is 1.82. The first kappa shape index (κ1) is 15.9. The van der Waals surface area contributed by atoms with E-state index in [0.29, 0.717) is 24.1 Å². The van der Waals surface area contributed by atoms with Gasteiger partial charge in [0.2, 0.25) is 0 Å². The summed E-state index contributed by atoms with van der Waals surface area (Å²) in [5.41, 5.74) is 1.57. The molecule has 0 spiro atoms. The van der Waals surface area contributed by atoms with Crippen molar-refractivity contribution in [2.75, 3.05) is 6.54 Å². The van der Waals surface area contributed by atoms with Crippen molar-refractivity contribution in [3.8, 4) is 0 Å². The highest BCUT2D eigenvalue weighted by Crippen LogP contribution is 2.36. The van der Waals surface area contributed by atoms with Gasteiger partial charge >= 0.3 is 5.69 Å². The Kier molecular flexibility index (Phi) is 4.98. The zero-order valence-electron chi connectivity index (χ0n) is 13.4. The number of aromatic nitrogens is 2. The Balaban J connectivity index is 2.27. The van der Waals surface area contributed by atoms with Gasteiger partial charge in [-0.15, -0.1) is 0 Å². The number of nitro groups is 1. The number of rotatable bonds is 8. The van der Waals surface area contributed by atoms with Crippen molar-refractivity contribution in [1.82, 2.24) is 15.1 Å². The van der Waals surface area contributed by atoms with Gasteiger partial charge in [-0.05, 0) is 31.7 Å². The Labute approximate surface area is 126 Å². The average Bonchev–Trinajstić information content (AvgIpc) is 3.19. The van der Waals surface area contributed by atoms with E-state index in [-0.39, 0.29) is 16.5 Å². The molecule has 0 bridgehead atoms. The fourth-order valence-electron chi connectivity index (χ4n) is 2.83. The molecule has 1 N–H and O–H groups in total. The van der Waals surface area contributed by atoms with Crippen LogP contribution in [0.2, 0.25) is 0 Å². The van der Waals surface area contributed by atoms with Crippen LogP contribution in [0.1, 0.15) is 57.3 Å². The molecule has 6 nitrogen and oxygen atoms in total. The average molecular weight is 294 g/mol. The quantitative estimate of drug-likeness (QED) is 0.591. The van der Waals surface area contributed by atoms with Crippen molar-refractivity contribution in [3.63, 3.8) is 0 Å². The van der Waals surface area contributed by atoms with Crippen LogP contribution in [0.3, 0.4) is 0 Å². The lowest BCUT2D eigenvalue weighted by molar-refractivity contribution is -0.386. The van der Waals surface area contributed by atoms with Gasteiger partial charge < -0.3 is 5.32 Å². The first-order valence-electron chi connectivity index (χ1n) is 7.89. The first-order valence-corrected chi connectivity index (χ1v) is 7.89. The summed E-state index contributed by atoms with van der Waals surface area (Å²) in [6, 6.07) is 0.332. The third-order valence-electron chi connectivity index (χ3n) is 4.15. The molecule has 1 aliphatic carbocycles. The van der Waals surface area contributed by atoms with E-state index in [0.717, 1.165) is 18.7 Å². The molecule has 21 heavy (non-hydrogen) atoms. The van der Waals surface area contributed by atoms with Gasteiger partial charge in [-0.2, -0.15) is 5.10 Å². The second-order valence-electron chi connectivity index (χ2n) is 6.32. The lowest BCUT2D eigenvalue weighted by Crippen LogP contribution is -2.34. The minimum atomic E-state index is -0.262. The molecule has 6 heteroatoms. The van der Waals surface area contributed by atoms with Crippen molar-refractivity contribution in [2.45, 2.75) is 58.4 Å². The van der Waals surface area contributed by atoms with E-state index >= 15 is 0 Å². The van der Waals surface area contributed by atoms with Crippen molar-refractivity contribution in [2.24, 2.45) is 13.0 Å². The van der Waals surface area contributed by atoms with Crippen LogP contribution in [0.4, 0.5) is 5.69 Å². The zero-order chi connectivity index (χ0) is 15.6. The van der Waals surface area contributed by atoms with Gasteiger partial charge in [0, 0.05) is 25.4 Å². The Morgan fingerprint density at radius 1 is 1.48 bits per heavy atom.